The number of sulfone groups is 1. The van der Waals surface area contributed by atoms with Gasteiger partial charge in [0, 0.05) is 10.9 Å². The number of benzene rings is 2. The number of aliphatic hydroxyl groups excluding tert-OH is 1. The van der Waals surface area contributed by atoms with Crippen molar-refractivity contribution in [1.82, 2.24) is 0 Å². The van der Waals surface area contributed by atoms with E-state index < -0.39 is 33.2 Å². The molecule has 0 aliphatic heterocycles. The van der Waals surface area contributed by atoms with E-state index in [1.54, 1.807) is 54.6 Å². The lowest BCUT2D eigenvalue weighted by atomic mass is 10.1. The normalized spacial score (nSPS) is 27.6. The van der Waals surface area contributed by atoms with Crippen LogP contribution in [0.25, 0.3) is 0 Å². The van der Waals surface area contributed by atoms with Crippen LogP contribution in [-0.2, 0) is 9.84 Å². The summed E-state index contributed by atoms with van der Waals surface area (Å²) in [6, 6.07) is 15.1. The number of aliphatic hydroxyl groups is 1. The Kier molecular flexibility index (Phi) is 3.77. The Balaban J connectivity index is 2.02. The van der Waals surface area contributed by atoms with Gasteiger partial charge in [-0.3, -0.25) is 0 Å². The maximum absolute atomic E-state index is 12.8. The molecular weight excluding hydrogens is 322 g/mol. The quantitative estimate of drug-likeness (QED) is 0.893. The summed E-state index contributed by atoms with van der Waals surface area (Å²) in [7, 11) is -3.61. The van der Waals surface area contributed by atoms with E-state index in [1.165, 1.54) is 0 Å². The molecule has 2 aromatic rings. The Labute approximate surface area is 134 Å². The molecule has 1 aliphatic rings. The molecule has 0 unspecified atom stereocenters. The van der Waals surface area contributed by atoms with Gasteiger partial charge >= 0.3 is 0 Å². The van der Waals surface area contributed by atoms with E-state index in [0.29, 0.717) is 5.02 Å². The zero-order valence-corrected chi connectivity index (χ0v) is 13.3. The lowest BCUT2D eigenvalue weighted by Gasteiger charge is -2.08. The van der Waals surface area contributed by atoms with E-state index in [2.05, 4.69) is 0 Å². The van der Waals surface area contributed by atoms with Gasteiger partial charge in [0.15, 0.2) is 9.84 Å². The summed E-state index contributed by atoms with van der Waals surface area (Å²) in [6.45, 7) is -0.392. The smallest absolute Gasteiger partial charge is 0.183 e. The summed E-state index contributed by atoms with van der Waals surface area (Å²) in [4.78, 5) is 0.222. The first-order valence-corrected chi connectivity index (χ1v) is 8.78. The molecule has 0 amide bonds. The highest BCUT2D eigenvalue weighted by molar-refractivity contribution is 7.92. The minimum atomic E-state index is -3.61. The van der Waals surface area contributed by atoms with Crippen LogP contribution < -0.4 is 5.73 Å². The van der Waals surface area contributed by atoms with Gasteiger partial charge in [-0.15, -0.1) is 0 Å². The van der Waals surface area contributed by atoms with Crippen molar-refractivity contribution < 1.29 is 13.5 Å². The summed E-state index contributed by atoms with van der Waals surface area (Å²) < 4.78 is 25.6. The molecule has 0 saturated heterocycles. The fourth-order valence-corrected chi connectivity index (χ4v) is 5.44. The molecule has 0 bridgehead atoms. The molecular formula is C16H16ClNO3S. The Hall–Kier alpha value is -1.40. The molecule has 1 aliphatic carbocycles. The Bertz CT molecular complexity index is 777. The number of halogens is 1. The Morgan fingerprint density at radius 2 is 1.68 bits per heavy atom. The molecule has 6 heteroatoms. The van der Waals surface area contributed by atoms with Crippen molar-refractivity contribution in [2.24, 2.45) is 5.73 Å². The Morgan fingerprint density at radius 3 is 2.23 bits per heavy atom. The fourth-order valence-electron chi connectivity index (χ4n) is 2.99. The molecule has 22 heavy (non-hydrogen) atoms. The first-order chi connectivity index (χ1) is 10.4. The van der Waals surface area contributed by atoms with Crippen molar-refractivity contribution in [2.75, 3.05) is 6.61 Å². The summed E-state index contributed by atoms with van der Waals surface area (Å²) in [5.74, 6) is -0.444. The first kappa shape index (κ1) is 15.5. The van der Waals surface area contributed by atoms with Crippen molar-refractivity contribution in [2.45, 2.75) is 21.6 Å². The summed E-state index contributed by atoms with van der Waals surface area (Å²) in [5, 5.41) is 9.35. The number of rotatable bonds is 4. The maximum atomic E-state index is 12.8. The average molecular weight is 338 g/mol. The minimum Gasteiger partial charge on any atom is -0.394 e. The van der Waals surface area contributed by atoms with E-state index in [9.17, 15) is 13.5 Å². The second-order valence-electron chi connectivity index (χ2n) is 5.58. The van der Waals surface area contributed by atoms with Gasteiger partial charge in [0.05, 0.1) is 22.3 Å². The van der Waals surface area contributed by atoms with Gasteiger partial charge < -0.3 is 10.8 Å². The molecule has 2 aromatic carbocycles. The SMILES string of the molecule is N[C@@]1(CO)[C@@H](c2ccc(Cl)cc2)[C@@H]1S(=O)(=O)c1ccccc1. The van der Waals surface area contributed by atoms with Crippen LogP contribution in [-0.4, -0.2) is 30.9 Å². The van der Waals surface area contributed by atoms with Crippen LogP contribution in [0.5, 0.6) is 0 Å². The van der Waals surface area contributed by atoms with Crippen molar-refractivity contribution in [1.29, 1.82) is 0 Å². The van der Waals surface area contributed by atoms with Crippen LogP contribution in [0.15, 0.2) is 59.5 Å². The van der Waals surface area contributed by atoms with E-state index in [4.69, 9.17) is 17.3 Å². The van der Waals surface area contributed by atoms with Crippen molar-refractivity contribution >= 4 is 21.4 Å². The topological polar surface area (TPSA) is 80.4 Å². The molecule has 3 rings (SSSR count). The second-order valence-corrected chi connectivity index (χ2v) is 8.08. The van der Waals surface area contributed by atoms with Gasteiger partial charge in [-0.2, -0.15) is 0 Å². The third-order valence-corrected chi connectivity index (χ3v) is 6.77. The van der Waals surface area contributed by atoms with Crippen molar-refractivity contribution in [3.8, 4) is 0 Å². The summed E-state index contributed by atoms with van der Waals surface area (Å²) in [6.07, 6.45) is 0. The van der Waals surface area contributed by atoms with Crippen LogP contribution in [0.4, 0.5) is 0 Å². The van der Waals surface area contributed by atoms with Crippen LogP contribution in [0, 0.1) is 0 Å². The largest absolute Gasteiger partial charge is 0.394 e. The number of hydrogen-bond acceptors (Lipinski definition) is 4. The molecule has 0 aromatic heterocycles. The van der Waals surface area contributed by atoms with Crippen molar-refractivity contribution in [3.05, 3.63) is 65.2 Å². The molecule has 3 atom stereocenters. The minimum absolute atomic E-state index is 0.222. The van der Waals surface area contributed by atoms with Crippen LogP contribution >= 0.6 is 11.6 Å². The van der Waals surface area contributed by atoms with Crippen LogP contribution in [0.3, 0.4) is 0 Å². The molecule has 1 saturated carbocycles. The third kappa shape index (κ3) is 2.34. The number of hydrogen-bond donors (Lipinski definition) is 2. The molecule has 1 fully saturated rings. The molecule has 3 N–H and O–H groups in total. The molecule has 116 valence electrons. The third-order valence-electron chi connectivity index (χ3n) is 4.21. The zero-order valence-electron chi connectivity index (χ0n) is 11.7. The predicted molar refractivity (Wildman–Crippen MR) is 85.6 cm³/mol. The summed E-state index contributed by atoms with van der Waals surface area (Å²) in [5.41, 5.74) is 5.77. The van der Waals surface area contributed by atoms with E-state index in [1.807, 2.05) is 0 Å². The molecule has 0 spiro atoms. The van der Waals surface area contributed by atoms with Gasteiger partial charge in [0.25, 0.3) is 0 Å². The monoisotopic (exact) mass is 337 g/mol. The maximum Gasteiger partial charge on any atom is 0.183 e. The number of nitrogens with two attached hydrogens (primary N) is 1. The second kappa shape index (κ2) is 5.35. The highest BCUT2D eigenvalue weighted by Crippen LogP contribution is 2.55. The predicted octanol–water partition coefficient (Wildman–Crippen LogP) is 1.97. The lowest BCUT2D eigenvalue weighted by molar-refractivity contribution is 0.253. The van der Waals surface area contributed by atoms with Crippen LogP contribution in [0.1, 0.15) is 11.5 Å². The van der Waals surface area contributed by atoms with Crippen LogP contribution in [0.2, 0.25) is 5.02 Å². The van der Waals surface area contributed by atoms with Gasteiger partial charge in [0.2, 0.25) is 0 Å². The van der Waals surface area contributed by atoms with Crippen molar-refractivity contribution in [3.63, 3.8) is 0 Å². The van der Waals surface area contributed by atoms with Gasteiger partial charge in [-0.1, -0.05) is 41.9 Å². The van der Waals surface area contributed by atoms with E-state index in [-0.39, 0.29) is 4.90 Å². The Morgan fingerprint density at radius 1 is 1.09 bits per heavy atom. The lowest BCUT2D eigenvalue weighted by Crippen LogP contribution is -2.35. The zero-order chi connectivity index (χ0) is 16.0. The highest BCUT2D eigenvalue weighted by Gasteiger charge is 2.68. The first-order valence-electron chi connectivity index (χ1n) is 6.85. The standard InChI is InChI=1S/C16H16ClNO3S/c17-12-8-6-11(7-9-12)14-15(16(14,18)10-19)22(20,21)13-4-2-1-3-5-13/h1-9,14-15,19H,10,18H2/t14-,15-,16-/m0/s1. The van der Waals surface area contributed by atoms with E-state index in [0.717, 1.165) is 5.56 Å². The van der Waals surface area contributed by atoms with Gasteiger partial charge in [-0.05, 0) is 29.8 Å². The average Bonchev–Trinajstić information content (AvgIpc) is 3.17. The van der Waals surface area contributed by atoms with Gasteiger partial charge in [-0.25, -0.2) is 8.42 Å². The van der Waals surface area contributed by atoms with Gasteiger partial charge in [0.1, 0.15) is 0 Å². The molecule has 0 heterocycles. The van der Waals surface area contributed by atoms with E-state index >= 15 is 0 Å². The molecule has 0 radical (unpaired) electrons. The highest BCUT2D eigenvalue weighted by atomic mass is 35.5. The fraction of sp³-hybridized carbons (Fsp3) is 0.250. The summed E-state index contributed by atoms with van der Waals surface area (Å²) >= 11 is 5.87. The molecule has 4 nitrogen and oxygen atoms in total.